The van der Waals surface area contributed by atoms with Crippen molar-refractivity contribution in [2.45, 2.75) is 25.6 Å². The first-order valence-electron chi connectivity index (χ1n) is 9.84. The molecule has 0 spiro atoms. The maximum atomic E-state index is 10.8. The molecular weight excluding hydrogens is 508 g/mol. The van der Waals surface area contributed by atoms with Crippen molar-refractivity contribution in [3.63, 3.8) is 0 Å². The highest BCUT2D eigenvalue weighted by molar-refractivity contribution is 9.10. The van der Waals surface area contributed by atoms with Crippen LogP contribution in [0.4, 0.5) is 0 Å². The number of rotatable bonds is 5. The molecular formula is C24H22Br2N2O2. The van der Waals surface area contributed by atoms with Crippen molar-refractivity contribution in [1.29, 1.82) is 0 Å². The normalized spacial score (nSPS) is 18.7. The first kappa shape index (κ1) is 21.1. The SMILES string of the molecule is CCOc1cccc(C2CC(c3ccc(Br)cc3)=NC(c3ccc(Br)cc3)N2)c1O. The van der Waals surface area contributed by atoms with Crippen LogP contribution in [0.15, 0.2) is 80.7 Å². The lowest BCUT2D eigenvalue weighted by molar-refractivity contribution is 0.313. The van der Waals surface area contributed by atoms with Crippen molar-refractivity contribution < 1.29 is 9.84 Å². The number of nitrogens with one attached hydrogen (secondary N) is 1. The summed E-state index contributed by atoms with van der Waals surface area (Å²) in [5.41, 5.74) is 3.96. The van der Waals surface area contributed by atoms with Crippen LogP contribution in [0, 0.1) is 0 Å². The Morgan fingerprint density at radius 3 is 2.33 bits per heavy atom. The predicted molar refractivity (Wildman–Crippen MR) is 127 cm³/mol. The van der Waals surface area contributed by atoms with Gasteiger partial charge in [0.25, 0.3) is 0 Å². The fourth-order valence-corrected chi connectivity index (χ4v) is 4.16. The molecule has 4 rings (SSSR count). The molecule has 1 heterocycles. The second-order valence-corrected chi connectivity index (χ2v) is 8.92. The third kappa shape index (κ3) is 4.61. The van der Waals surface area contributed by atoms with Gasteiger partial charge in [-0.25, -0.2) is 0 Å². The van der Waals surface area contributed by atoms with Crippen molar-refractivity contribution in [2.24, 2.45) is 4.99 Å². The maximum Gasteiger partial charge on any atom is 0.162 e. The molecule has 1 aliphatic rings. The molecule has 3 aromatic carbocycles. The molecule has 0 bridgehead atoms. The number of phenolic OH excluding ortho intramolecular Hbond substituents is 1. The number of hydrogen-bond donors (Lipinski definition) is 2. The number of aliphatic imine (C=N–C) groups is 1. The molecule has 2 N–H and O–H groups in total. The summed E-state index contributed by atoms with van der Waals surface area (Å²) >= 11 is 7.00. The van der Waals surface area contributed by atoms with Gasteiger partial charge in [-0.2, -0.15) is 0 Å². The quantitative estimate of drug-likeness (QED) is 0.394. The molecule has 0 aliphatic carbocycles. The van der Waals surface area contributed by atoms with Crippen LogP contribution < -0.4 is 10.1 Å². The minimum absolute atomic E-state index is 0.102. The van der Waals surface area contributed by atoms with Gasteiger partial charge in [0.1, 0.15) is 6.17 Å². The van der Waals surface area contributed by atoms with E-state index in [1.54, 1.807) is 6.07 Å². The van der Waals surface area contributed by atoms with Crippen LogP contribution >= 0.6 is 31.9 Å². The Kier molecular flexibility index (Phi) is 6.56. The molecule has 1 aliphatic heterocycles. The van der Waals surface area contributed by atoms with Gasteiger partial charge >= 0.3 is 0 Å². The summed E-state index contributed by atoms with van der Waals surface area (Å²) in [6.45, 7) is 2.41. The number of halogens is 2. The first-order valence-corrected chi connectivity index (χ1v) is 11.4. The summed E-state index contributed by atoms with van der Waals surface area (Å²) in [5, 5.41) is 14.4. The van der Waals surface area contributed by atoms with Crippen molar-refractivity contribution in [2.75, 3.05) is 6.61 Å². The minimum Gasteiger partial charge on any atom is -0.504 e. The second-order valence-electron chi connectivity index (χ2n) is 7.09. The number of aromatic hydroxyl groups is 1. The van der Waals surface area contributed by atoms with Gasteiger partial charge in [-0.05, 0) is 48.4 Å². The standard InChI is InChI=1S/C24H22Br2N2O2/c1-2-30-22-5-3-4-19(23(22)29)21-14-20(15-6-10-17(25)11-7-15)27-24(28-21)16-8-12-18(26)13-9-16/h3-13,21,24,28-29H,2,14H2,1H3. The summed E-state index contributed by atoms with van der Waals surface area (Å²) in [6.07, 6.45) is 0.447. The van der Waals surface area contributed by atoms with Gasteiger partial charge in [0.05, 0.1) is 6.61 Å². The first-order chi connectivity index (χ1) is 14.5. The van der Waals surface area contributed by atoms with Gasteiger partial charge in [-0.1, -0.05) is 68.3 Å². The molecule has 6 heteroatoms. The average molecular weight is 530 g/mol. The maximum absolute atomic E-state index is 10.8. The zero-order valence-corrected chi connectivity index (χ0v) is 19.7. The van der Waals surface area contributed by atoms with Crippen LogP contribution in [0.5, 0.6) is 11.5 Å². The Labute approximate surface area is 193 Å². The van der Waals surface area contributed by atoms with Crippen LogP contribution in [0.2, 0.25) is 0 Å². The van der Waals surface area contributed by atoms with Gasteiger partial charge in [0.15, 0.2) is 11.5 Å². The largest absolute Gasteiger partial charge is 0.504 e. The Hall–Kier alpha value is -2.15. The highest BCUT2D eigenvalue weighted by atomic mass is 79.9. The summed E-state index contributed by atoms with van der Waals surface area (Å²) in [7, 11) is 0. The van der Waals surface area contributed by atoms with Gasteiger partial charge in [0.2, 0.25) is 0 Å². The zero-order valence-electron chi connectivity index (χ0n) is 16.5. The Morgan fingerprint density at radius 1 is 1.00 bits per heavy atom. The van der Waals surface area contributed by atoms with E-state index in [4.69, 9.17) is 9.73 Å². The minimum atomic E-state index is -0.217. The molecule has 154 valence electrons. The van der Waals surface area contributed by atoms with Crippen molar-refractivity contribution in [3.8, 4) is 11.5 Å². The molecule has 30 heavy (non-hydrogen) atoms. The molecule has 0 amide bonds. The fraction of sp³-hybridized carbons (Fsp3) is 0.208. The number of ether oxygens (including phenoxy) is 1. The molecule has 0 radical (unpaired) electrons. The van der Waals surface area contributed by atoms with Crippen LogP contribution in [0.25, 0.3) is 0 Å². The summed E-state index contributed by atoms with van der Waals surface area (Å²) in [4.78, 5) is 5.01. The smallest absolute Gasteiger partial charge is 0.162 e. The van der Waals surface area contributed by atoms with Gasteiger partial charge in [0, 0.05) is 32.7 Å². The van der Waals surface area contributed by atoms with Crippen molar-refractivity contribution >= 4 is 37.6 Å². The lowest BCUT2D eigenvalue weighted by Crippen LogP contribution is -2.33. The molecule has 0 fully saturated rings. The van der Waals surface area contributed by atoms with Crippen LogP contribution in [-0.2, 0) is 0 Å². The molecule has 2 atom stereocenters. The van der Waals surface area contributed by atoms with E-state index in [0.717, 1.165) is 31.3 Å². The van der Waals surface area contributed by atoms with Crippen molar-refractivity contribution in [1.82, 2.24) is 5.32 Å². The monoisotopic (exact) mass is 528 g/mol. The van der Waals surface area contributed by atoms with E-state index in [-0.39, 0.29) is 18.0 Å². The highest BCUT2D eigenvalue weighted by Gasteiger charge is 2.28. The van der Waals surface area contributed by atoms with E-state index in [0.29, 0.717) is 18.8 Å². The number of nitrogens with zero attached hydrogens (tertiary/aromatic N) is 1. The third-order valence-electron chi connectivity index (χ3n) is 5.11. The molecule has 0 aromatic heterocycles. The van der Waals surface area contributed by atoms with Gasteiger partial charge in [-0.15, -0.1) is 0 Å². The summed E-state index contributed by atoms with van der Waals surface area (Å²) in [6, 6.07) is 21.9. The van der Waals surface area contributed by atoms with E-state index >= 15 is 0 Å². The van der Waals surface area contributed by atoms with Gasteiger partial charge in [-0.3, -0.25) is 10.3 Å². The zero-order chi connectivity index (χ0) is 21.1. The van der Waals surface area contributed by atoms with E-state index in [1.165, 1.54) is 0 Å². The Morgan fingerprint density at radius 2 is 1.67 bits per heavy atom. The fourth-order valence-electron chi connectivity index (χ4n) is 3.63. The van der Waals surface area contributed by atoms with Crippen LogP contribution in [-0.4, -0.2) is 17.4 Å². The van der Waals surface area contributed by atoms with Crippen molar-refractivity contribution in [3.05, 3.63) is 92.4 Å². The lowest BCUT2D eigenvalue weighted by Gasteiger charge is -2.31. The topological polar surface area (TPSA) is 53.8 Å². The van der Waals surface area contributed by atoms with E-state index in [2.05, 4.69) is 61.4 Å². The summed E-state index contributed by atoms with van der Waals surface area (Å²) < 4.78 is 7.66. The molecule has 4 nitrogen and oxygen atoms in total. The van der Waals surface area contributed by atoms with E-state index in [1.807, 2.05) is 43.3 Å². The van der Waals surface area contributed by atoms with Gasteiger partial charge < -0.3 is 9.84 Å². The number of para-hydroxylation sites is 1. The molecule has 0 saturated heterocycles. The molecule has 3 aromatic rings. The van der Waals surface area contributed by atoms with Crippen LogP contribution in [0.3, 0.4) is 0 Å². The summed E-state index contributed by atoms with van der Waals surface area (Å²) in [5.74, 6) is 0.688. The van der Waals surface area contributed by atoms with E-state index < -0.39 is 0 Å². The molecule has 2 unspecified atom stereocenters. The third-order valence-corrected chi connectivity index (χ3v) is 6.17. The average Bonchev–Trinajstić information content (AvgIpc) is 2.76. The molecule has 0 saturated carbocycles. The highest BCUT2D eigenvalue weighted by Crippen LogP contribution is 2.39. The number of phenols is 1. The predicted octanol–water partition coefficient (Wildman–Crippen LogP) is 6.54. The lowest BCUT2D eigenvalue weighted by atomic mass is 9.93. The Balaban J connectivity index is 1.74. The van der Waals surface area contributed by atoms with Crippen LogP contribution in [0.1, 0.15) is 42.2 Å². The number of benzene rings is 3. The second kappa shape index (κ2) is 9.33. The number of hydrogen-bond acceptors (Lipinski definition) is 4. The van der Waals surface area contributed by atoms with E-state index in [9.17, 15) is 5.11 Å². The Bertz CT molecular complexity index is 1050.